The number of ether oxygens (including phenoxy) is 1. The minimum absolute atomic E-state index is 0.676. The third kappa shape index (κ3) is 3.09. The normalized spacial score (nSPS) is 17.8. The second kappa shape index (κ2) is 5.69. The van der Waals surface area contributed by atoms with Crippen LogP contribution in [0.5, 0.6) is 5.88 Å². The molecule has 2 heteroatoms. The molecule has 2 rings (SSSR count). The minimum atomic E-state index is 0.676. The maximum Gasteiger partial charge on any atom is 0.212 e. The average Bonchev–Trinajstić information content (AvgIpc) is 2.38. The molecule has 86 valence electrons. The summed E-state index contributed by atoms with van der Waals surface area (Å²) in [5.41, 5.74) is 1.16. The maximum absolute atomic E-state index is 5.03. The number of aromatic nitrogens is 1. The predicted molar refractivity (Wildman–Crippen MR) is 66.4 cm³/mol. The van der Waals surface area contributed by atoms with E-state index in [0.29, 0.717) is 5.88 Å². The molecule has 1 aliphatic carbocycles. The molecule has 0 N–H and O–H groups in total. The van der Waals surface area contributed by atoms with E-state index >= 15 is 0 Å². The van der Waals surface area contributed by atoms with Gasteiger partial charge in [-0.3, -0.25) is 0 Å². The summed E-state index contributed by atoms with van der Waals surface area (Å²) in [5, 5.41) is 0. The van der Waals surface area contributed by atoms with Crippen LogP contribution in [0.2, 0.25) is 0 Å². The number of pyridine rings is 1. The van der Waals surface area contributed by atoms with Crippen molar-refractivity contribution in [3.05, 3.63) is 30.0 Å². The number of hydrogen-bond donors (Lipinski definition) is 0. The fourth-order valence-corrected chi connectivity index (χ4v) is 2.18. The highest BCUT2D eigenvalue weighted by Gasteiger charge is 2.09. The van der Waals surface area contributed by atoms with E-state index in [2.05, 4.69) is 17.1 Å². The fourth-order valence-electron chi connectivity index (χ4n) is 2.18. The zero-order chi connectivity index (χ0) is 11.2. The van der Waals surface area contributed by atoms with Crippen LogP contribution in [-0.4, -0.2) is 12.1 Å². The molecule has 1 heterocycles. The van der Waals surface area contributed by atoms with Gasteiger partial charge in [0.05, 0.1) is 7.11 Å². The lowest BCUT2D eigenvalue weighted by atomic mass is 9.89. The lowest BCUT2D eigenvalue weighted by Gasteiger charge is -2.17. The van der Waals surface area contributed by atoms with Gasteiger partial charge in [-0.05, 0) is 30.4 Å². The number of methoxy groups -OCH3 is 1. The molecular weight excluding hydrogens is 198 g/mol. The third-order valence-electron chi connectivity index (χ3n) is 3.18. The Morgan fingerprint density at radius 2 is 2.06 bits per heavy atom. The van der Waals surface area contributed by atoms with Crippen molar-refractivity contribution in [1.29, 1.82) is 0 Å². The summed E-state index contributed by atoms with van der Waals surface area (Å²) in [6.45, 7) is 0. The lowest BCUT2D eigenvalue weighted by molar-refractivity contribution is 0.398. The zero-order valence-electron chi connectivity index (χ0n) is 9.86. The van der Waals surface area contributed by atoms with E-state index in [1.165, 1.54) is 32.1 Å². The van der Waals surface area contributed by atoms with Crippen LogP contribution in [-0.2, 0) is 0 Å². The van der Waals surface area contributed by atoms with Gasteiger partial charge < -0.3 is 4.74 Å². The number of hydrogen-bond acceptors (Lipinski definition) is 2. The summed E-state index contributed by atoms with van der Waals surface area (Å²) in [4.78, 5) is 4.19. The van der Waals surface area contributed by atoms with Crippen molar-refractivity contribution in [1.82, 2.24) is 4.98 Å². The Labute approximate surface area is 97.4 Å². The molecule has 1 aliphatic rings. The van der Waals surface area contributed by atoms with Crippen molar-refractivity contribution < 1.29 is 4.74 Å². The minimum Gasteiger partial charge on any atom is -0.481 e. The summed E-state index contributed by atoms with van der Waals surface area (Å²) in [6, 6.07) is 3.95. The molecule has 1 saturated carbocycles. The Balaban J connectivity index is 1.94. The third-order valence-corrected chi connectivity index (χ3v) is 3.18. The fraction of sp³-hybridized carbons (Fsp3) is 0.500. The Morgan fingerprint density at radius 3 is 2.69 bits per heavy atom. The lowest BCUT2D eigenvalue weighted by Crippen LogP contribution is -2.02. The second-order valence-corrected chi connectivity index (χ2v) is 4.39. The highest BCUT2D eigenvalue weighted by atomic mass is 16.5. The summed E-state index contributed by atoms with van der Waals surface area (Å²) in [5.74, 6) is 1.45. The average molecular weight is 217 g/mol. The van der Waals surface area contributed by atoms with Gasteiger partial charge in [0.25, 0.3) is 0 Å². The van der Waals surface area contributed by atoms with Gasteiger partial charge in [-0.1, -0.05) is 31.4 Å². The Bertz CT molecular complexity index is 336. The van der Waals surface area contributed by atoms with E-state index in [-0.39, 0.29) is 0 Å². The molecule has 0 radical (unpaired) electrons. The smallest absolute Gasteiger partial charge is 0.212 e. The summed E-state index contributed by atoms with van der Waals surface area (Å²) in [7, 11) is 1.64. The Hall–Kier alpha value is -1.31. The number of allylic oxidation sites excluding steroid dienone is 1. The van der Waals surface area contributed by atoms with Crippen LogP contribution in [0, 0.1) is 5.92 Å². The molecule has 0 saturated heterocycles. The quantitative estimate of drug-likeness (QED) is 0.770. The topological polar surface area (TPSA) is 22.1 Å². The molecule has 0 amide bonds. The molecule has 0 aliphatic heterocycles. The van der Waals surface area contributed by atoms with Crippen molar-refractivity contribution in [2.45, 2.75) is 32.1 Å². The zero-order valence-corrected chi connectivity index (χ0v) is 9.86. The van der Waals surface area contributed by atoms with Crippen molar-refractivity contribution in [2.75, 3.05) is 7.11 Å². The van der Waals surface area contributed by atoms with Crippen molar-refractivity contribution in [3.8, 4) is 5.88 Å². The van der Waals surface area contributed by atoms with Gasteiger partial charge in [0.15, 0.2) is 0 Å². The van der Waals surface area contributed by atoms with Gasteiger partial charge in [-0.15, -0.1) is 0 Å². The molecule has 0 spiro atoms. The monoisotopic (exact) mass is 217 g/mol. The first kappa shape index (κ1) is 11.2. The van der Waals surface area contributed by atoms with Crippen molar-refractivity contribution >= 4 is 6.08 Å². The largest absolute Gasteiger partial charge is 0.481 e. The van der Waals surface area contributed by atoms with E-state index in [1.807, 2.05) is 18.3 Å². The van der Waals surface area contributed by atoms with Gasteiger partial charge in [0.1, 0.15) is 0 Å². The predicted octanol–water partition coefficient (Wildman–Crippen LogP) is 3.68. The first-order chi connectivity index (χ1) is 7.88. The first-order valence-corrected chi connectivity index (χ1v) is 6.07. The van der Waals surface area contributed by atoms with E-state index in [0.717, 1.165) is 11.5 Å². The molecule has 1 fully saturated rings. The van der Waals surface area contributed by atoms with Crippen molar-refractivity contribution in [3.63, 3.8) is 0 Å². The van der Waals surface area contributed by atoms with Crippen LogP contribution < -0.4 is 4.74 Å². The van der Waals surface area contributed by atoms with E-state index < -0.39 is 0 Å². The molecule has 16 heavy (non-hydrogen) atoms. The molecule has 1 aromatic rings. The van der Waals surface area contributed by atoms with Crippen LogP contribution in [0.4, 0.5) is 0 Å². The van der Waals surface area contributed by atoms with Crippen LogP contribution >= 0.6 is 0 Å². The van der Waals surface area contributed by atoms with Gasteiger partial charge in [-0.25, -0.2) is 4.98 Å². The summed E-state index contributed by atoms with van der Waals surface area (Å²) in [6.07, 6.45) is 13.3. The van der Waals surface area contributed by atoms with Crippen LogP contribution in [0.15, 0.2) is 24.4 Å². The highest BCUT2D eigenvalue weighted by molar-refractivity contribution is 5.48. The van der Waals surface area contributed by atoms with Crippen LogP contribution in [0.1, 0.15) is 37.7 Å². The number of rotatable bonds is 3. The molecule has 0 atom stereocenters. The molecule has 2 nitrogen and oxygen atoms in total. The maximum atomic E-state index is 5.03. The number of nitrogens with zero attached hydrogens (tertiary/aromatic N) is 1. The molecule has 0 unspecified atom stereocenters. The van der Waals surface area contributed by atoms with Crippen LogP contribution in [0.3, 0.4) is 0 Å². The van der Waals surface area contributed by atoms with Gasteiger partial charge in [0.2, 0.25) is 5.88 Å². The Kier molecular flexibility index (Phi) is 3.97. The Morgan fingerprint density at radius 1 is 1.25 bits per heavy atom. The molecular formula is C14H19NO. The van der Waals surface area contributed by atoms with Gasteiger partial charge >= 0.3 is 0 Å². The molecule has 0 bridgehead atoms. The van der Waals surface area contributed by atoms with E-state index in [1.54, 1.807) is 7.11 Å². The van der Waals surface area contributed by atoms with Gasteiger partial charge in [0, 0.05) is 12.3 Å². The highest BCUT2D eigenvalue weighted by Crippen LogP contribution is 2.25. The summed E-state index contributed by atoms with van der Waals surface area (Å²) < 4.78 is 5.03. The molecule has 1 aromatic heterocycles. The molecule has 0 aromatic carbocycles. The van der Waals surface area contributed by atoms with Crippen molar-refractivity contribution in [2.24, 2.45) is 5.92 Å². The standard InChI is InChI=1S/C14H19NO/c1-16-14-10-9-13(11-15-14)8-7-12-5-3-2-4-6-12/h7-12H,2-6H2,1H3/b8-7+. The first-order valence-electron chi connectivity index (χ1n) is 6.07. The summed E-state index contributed by atoms with van der Waals surface area (Å²) >= 11 is 0. The van der Waals surface area contributed by atoms with E-state index in [9.17, 15) is 0 Å². The SMILES string of the molecule is COc1ccc(/C=C/C2CCCCC2)cn1. The van der Waals surface area contributed by atoms with Crippen LogP contribution in [0.25, 0.3) is 6.08 Å². The van der Waals surface area contributed by atoms with Gasteiger partial charge in [-0.2, -0.15) is 0 Å². The van der Waals surface area contributed by atoms with E-state index in [4.69, 9.17) is 4.74 Å². The second-order valence-electron chi connectivity index (χ2n) is 4.39.